The van der Waals surface area contributed by atoms with Gasteiger partial charge in [-0.3, -0.25) is 0 Å². The molecule has 1 heteroatoms. The molecular formula is C55H76S. The Morgan fingerprint density at radius 1 is 0.714 bits per heavy atom. The summed E-state index contributed by atoms with van der Waals surface area (Å²) in [6.45, 7) is 27.0. The summed E-state index contributed by atoms with van der Waals surface area (Å²) in [5, 5.41) is 11.8. The van der Waals surface area contributed by atoms with E-state index in [1.54, 1.807) is 6.08 Å². The van der Waals surface area contributed by atoms with E-state index >= 15 is 0 Å². The van der Waals surface area contributed by atoms with Gasteiger partial charge in [-0.1, -0.05) is 204 Å². The molecule has 5 rings (SSSR count). The highest BCUT2D eigenvalue weighted by Gasteiger charge is 2.19. The summed E-state index contributed by atoms with van der Waals surface area (Å²) in [5.74, 6) is 0.744. The van der Waals surface area contributed by atoms with Crippen LogP contribution in [0.1, 0.15) is 106 Å². The monoisotopic (exact) mass is 769 g/mol. The second-order valence-electron chi connectivity index (χ2n) is 14.3. The van der Waals surface area contributed by atoms with Crippen LogP contribution in [0.2, 0.25) is 0 Å². The van der Waals surface area contributed by atoms with Gasteiger partial charge in [-0.05, 0) is 121 Å². The lowest BCUT2D eigenvalue weighted by atomic mass is 9.85. The summed E-state index contributed by atoms with van der Waals surface area (Å²) in [5.41, 5.74) is 4.16. The van der Waals surface area contributed by atoms with E-state index in [0.29, 0.717) is 0 Å². The van der Waals surface area contributed by atoms with Crippen LogP contribution in [0.3, 0.4) is 0 Å². The van der Waals surface area contributed by atoms with Crippen LogP contribution in [0, 0.1) is 18.8 Å². The molecule has 4 aromatic rings. The largest absolute Gasteiger partial charge is 0.213 e. The molecule has 0 amide bonds. The number of benzene rings is 4. The molecule has 0 fully saturated rings. The van der Waals surface area contributed by atoms with Crippen molar-refractivity contribution in [1.82, 2.24) is 0 Å². The first-order valence-corrected chi connectivity index (χ1v) is 23.5. The number of terminal acetylenes is 1. The van der Waals surface area contributed by atoms with Crippen molar-refractivity contribution in [2.75, 3.05) is 12.5 Å². The number of rotatable bonds is 10. The fraction of sp³-hybridized carbons (Fsp3) is 0.327. The maximum absolute atomic E-state index is 4.46. The normalized spacial score (nSPS) is 12.6. The summed E-state index contributed by atoms with van der Waals surface area (Å²) in [7, 11) is -1.62. The minimum Gasteiger partial charge on any atom is -0.213 e. The van der Waals surface area contributed by atoms with Crippen LogP contribution in [-0.2, 0) is 6.42 Å². The Hall–Kier alpha value is -4.64. The standard InChI is InChI=1S/C24H26.C13H20S.C7H10.C6H10.C3H8.C2H2/c1-4-17(5-2)15-16(3)21-13-11-20-10-9-18-7-6-8-19-12-14-22(21)24(20)23(18)19;1-5-12-14(3,4,6-2)13-10-8-7-9-11-13;1-3-5-7-6-4-2;1-3-5-6-4-2;1-3-2;1-2/h8-14,17H,3-7,15H2,1-2H3;5-12H,1-4H3;3-7H,1H2,2H3;3-6H,1-2H3;3H2,1-2H3;1-2H/b;12-5-;6-4-,7-5-;5-3-,6-4-;;. The predicted octanol–water partition coefficient (Wildman–Crippen LogP) is 16.4. The van der Waals surface area contributed by atoms with Crippen LogP contribution in [0.4, 0.5) is 0 Å². The van der Waals surface area contributed by atoms with Crippen molar-refractivity contribution in [2.24, 2.45) is 5.92 Å². The van der Waals surface area contributed by atoms with Crippen LogP contribution in [0.15, 0.2) is 151 Å². The van der Waals surface area contributed by atoms with Crippen LogP contribution in [0.25, 0.3) is 33.2 Å². The van der Waals surface area contributed by atoms with E-state index in [-0.39, 0.29) is 0 Å². The number of hydrogen-bond donors (Lipinski definition) is 0. The molecule has 0 bridgehead atoms. The SMILES string of the molecule is C#C.C/C=C\C=C/C.C=C(CC(CC)CC)c1ccc2ccc3c4c(ccc1c24)=CCC3.C=C/C=C\C=C/C.CC=S(C)(C)(/C=C\C)c1ccccc1.CCC. The number of allylic oxidation sites excluding steroid dienone is 11. The zero-order chi connectivity index (χ0) is 42.4. The summed E-state index contributed by atoms with van der Waals surface area (Å²) in [6.07, 6.45) is 41.9. The lowest BCUT2D eigenvalue weighted by Gasteiger charge is -2.39. The number of hydrogen-bond acceptors (Lipinski definition) is 0. The van der Waals surface area contributed by atoms with E-state index in [4.69, 9.17) is 0 Å². The molecule has 0 spiro atoms. The van der Waals surface area contributed by atoms with Gasteiger partial charge in [0.15, 0.2) is 0 Å². The third-order valence-corrected chi connectivity index (χ3v) is 14.0. The second kappa shape index (κ2) is 28.7. The zero-order valence-corrected chi connectivity index (χ0v) is 38.0. The van der Waals surface area contributed by atoms with Crippen molar-refractivity contribution in [3.63, 3.8) is 0 Å². The van der Waals surface area contributed by atoms with Crippen molar-refractivity contribution in [3.05, 3.63) is 162 Å². The molecular weight excluding hydrogens is 693 g/mol. The summed E-state index contributed by atoms with van der Waals surface area (Å²) in [6, 6.07) is 24.6. The molecule has 0 heterocycles. The molecule has 0 radical (unpaired) electrons. The van der Waals surface area contributed by atoms with E-state index in [0.717, 1.165) is 18.8 Å². The van der Waals surface area contributed by atoms with E-state index in [1.807, 2.05) is 69.4 Å². The molecule has 0 aromatic heterocycles. The Labute approximate surface area is 345 Å². The molecule has 1 aliphatic rings. The fourth-order valence-electron chi connectivity index (χ4n) is 6.39. The third kappa shape index (κ3) is 16.2. The average molecular weight is 769 g/mol. The molecule has 0 unspecified atom stereocenters. The van der Waals surface area contributed by atoms with Crippen molar-refractivity contribution >= 4 is 47.3 Å². The van der Waals surface area contributed by atoms with Gasteiger partial charge in [-0.15, -0.1) is 12.8 Å². The van der Waals surface area contributed by atoms with Crippen LogP contribution in [-0.4, -0.2) is 17.9 Å². The Morgan fingerprint density at radius 3 is 1.80 bits per heavy atom. The maximum Gasteiger partial charge on any atom is -0.00241 e. The van der Waals surface area contributed by atoms with Crippen LogP contribution in [0.5, 0.6) is 0 Å². The van der Waals surface area contributed by atoms with Gasteiger partial charge in [0.1, 0.15) is 0 Å². The van der Waals surface area contributed by atoms with Gasteiger partial charge in [0.05, 0.1) is 0 Å². The first-order valence-electron chi connectivity index (χ1n) is 20.5. The Bertz CT molecular complexity index is 2020. The van der Waals surface area contributed by atoms with Crippen LogP contribution < -0.4 is 5.22 Å². The molecule has 0 atom stereocenters. The zero-order valence-electron chi connectivity index (χ0n) is 37.2. The Morgan fingerprint density at radius 2 is 1.29 bits per heavy atom. The lowest BCUT2D eigenvalue weighted by Crippen LogP contribution is -2.10. The maximum atomic E-state index is 4.46. The smallest absolute Gasteiger partial charge is 0.00241 e. The number of aryl methyl sites for hydroxylation is 1. The first-order chi connectivity index (χ1) is 27.0. The minimum absolute atomic E-state index is 0.744. The summed E-state index contributed by atoms with van der Waals surface area (Å²) in [4.78, 5) is 1.44. The molecule has 0 saturated heterocycles. The van der Waals surface area contributed by atoms with E-state index < -0.39 is 8.75 Å². The highest BCUT2D eigenvalue weighted by molar-refractivity contribution is 8.48. The molecule has 1 aliphatic carbocycles. The van der Waals surface area contributed by atoms with Crippen molar-refractivity contribution < 1.29 is 0 Å². The first kappa shape index (κ1) is 51.4. The quantitative estimate of drug-likeness (QED) is 0.0856. The molecule has 4 aromatic carbocycles. The van der Waals surface area contributed by atoms with Gasteiger partial charge in [0.25, 0.3) is 0 Å². The highest BCUT2D eigenvalue weighted by atomic mass is 32.3. The molecule has 302 valence electrons. The minimum atomic E-state index is -1.62. The van der Waals surface area contributed by atoms with Crippen molar-refractivity contribution in [2.45, 2.75) is 106 Å². The lowest BCUT2D eigenvalue weighted by molar-refractivity contribution is 0.506. The van der Waals surface area contributed by atoms with Crippen molar-refractivity contribution in [3.8, 4) is 12.8 Å². The molecule has 0 aliphatic heterocycles. The predicted molar refractivity (Wildman–Crippen MR) is 268 cm³/mol. The van der Waals surface area contributed by atoms with Gasteiger partial charge < -0.3 is 0 Å². The van der Waals surface area contributed by atoms with Crippen LogP contribution >= 0.6 is 8.75 Å². The van der Waals surface area contributed by atoms with E-state index in [9.17, 15) is 0 Å². The van der Waals surface area contributed by atoms with Crippen molar-refractivity contribution in [1.29, 1.82) is 0 Å². The highest BCUT2D eigenvalue weighted by Crippen LogP contribution is 2.60. The molecule has 0 nitrogen and oxygen atoms in total. The fourth-order valence-corrected chi connectivity index (χ4v) is 8.83. The molecule has 56 heavy (non-hydrogen) atoms. The van der Waals surface area contributed by atoms with E-state index in [2.05, 4.69) is 170 Å². The van der Waals surface area contributed by atoms with Gasteiger partial charge >= 0.3 is 0 Å². The Kier molecular flexibility index (Phi) is 26.3. The average Bonchev–Trinajstić information content (AvgIpc) is 3.23. The van der Waals surface area contributed by atoms with Gasteiger partial charge in [0.2, 0.25) is 0 Å². The summed E-state index contributed by atoms with van der Waals surface area (Å²) < 4.78 is 0. The van der Waals surface area contributed by atoms with Gasteiger partial charge in [0, 0.05) is 0 Å². The third-order valence-electron chi connectivity index (χ3n) is 9.69. The van der Waals surface area contributed by atoms with Gasteiger partial charge in [-0.25, -0.2) is 8.75 Å². The Balaban J connectivity index is 0.000000801. The van der Waals surface area contributed by atoms with E-state index in [1.165, 1.54) is 74.0 Å². The molecule has 0 N–H and O–H groups in total. The topological polar surface area (TPSA) is 0 Å². The second-order valence-corrected chi connectivity index (χ2v) is 19.8. The summed E-state index contributed by atoms with van der Waals surface area (Å²) >= 11 is 0. The molecule has 0 saturated carbocycles. The van der Waals surface area contributed by atoms with Gasteiger partial charge in [-0.2, -0.15) is 0 Å².